The first-order chi connectivity index (χ1) is 7.72. The molecule has 0 saturated heterocycles. The van der Waals surface area contributed by atoms with E-state index in [2.05, 4.69) is 53.3 Å². The Balaban J connectivity index is 2.18. The van der Waals surface area contributed by atoms with Crippen molar-refractivity contribution in [1.29, 1.82) is 0 Å². The summed E-state index contributed by atoms with van der Waals surface area (Å²) in [5, 5.41) is 2.08. The fraction of sp³-hybridized carbons (Fsp3) is 0. The molecule has 3 aromatic rings. The topological polar surface area (TPSA) is 28.7 Å². The second kappa shape index (κ2) is 3.98. The maximum Gasteiger partial charge on any atom is 0.139 e. The highest BCUT2D eigenvalue weighted by Gasteiger charge is 2.07. The Labute approximate surface area is 113 Å². The van der Waals surface area contributed by atoms with E-state index in [1.165, 1.54) is 0 Å². The number of H-pyrrole nitrogens is 1. The Morgan fingerprint density at radius 3 is 2.81 bits per heavy atom. The molecule has 0 radical (unpaired) electrons. The summed E-state index contributed by atoms with van der Waals surface area (Å²) in [5.74, 6) is 0.912. The van der Waals surface area contributed by atoms with Crippen LogP contribution >= 0.6 is 43.2 Å². The average molecular weight is 358 g/mol. The quantitative estimate of drug-likeness (QED) is 0.664. The molecule has 2 heterocycles. The third-order valence-electron chi connectivity index (χ3n) is 2.28. The molecule has 1 aromatic carbocycles. The Morgan fingerprint density at radius 2 is 2.06 bits per heavy atom. The number of hydrogen-bond donors (Lipinski definition) is 1. The van der Waals surface area contributed by atoms with Gasteiger partial charge in [0.15, 0.2) is 0 Å². The smallest absolute Gasteiger partial charge is 0.139 e. The van der Waals surface area contributed by atoms with Crippen LogP contribution in [0, 0.1) is 0 Å². The highest BCUT2D eigenvalue weighted by Crippen LogP contribution is 2.29. The normalized spacial score (nSPS) is 11.1. The minimum absolute atomic E-state index is 0.912. The first-order valence-corrected chi connectivity index (χ1v) is 7.08. The second-order valence-corrected chi connectivity index (χ2v) is 6.59. The van der Waals surface area contributed by atoms with Crippen molar-refractivity contribution in [1.82, 2.24) is 9.97 Å². The summed E-state index contributed by atoms with van der Waals surface area (Å²) in [7, 11) is 0. The van der Waals surface area contributed by atoms with Crippen LogP contribution in [0.5, 0.6) is 0 Å². The Hall–Kier alpha value is -0.650. The monoisotopic (exact) mass is 356 g/mol. The number of thiophene rings is 1. The highest BCUT2D eigenvalue weighted by atomic mass is 79.9. The lowest BCUT2D eigenvalue weighted by atomic mass is 10.3. The lowest BCUT2D eigenvalue weighted by Crippen LogP contribution is -1.74. The third kappa shape index (κ3) is 1.83. The van der Waals surface area contributed by atoms with Gasteiger partial charge in [-0.15, -0.1) is 11.3 Å². The van der Waals surface area contributed by atoms with Crippen LogP contribution in [0.15, 0.2) is 37.9 Å². The molecule has 16 heavy (non-hydrogen) atoms. The second-order valence-electron chi connectivity index (χ2n) is 3.39. The molecule has 2 nitrogen and oxygen atoms in total. The van der Waals surface area contributed by atoms with Gasteiger partial charge in [0.1, 0.15) is 5.82 Å². The van der Waals surface area contributed by atoms with Gasteiger partial charge in [0.05, 0.1) is 14.8 Å². The van der Waals surface area contributed by atoms with Crippen LogP contribution in [0.2, 0.25) is 0 Å². The molecule has 0 fully saturated rings. The van der Waals surface area contributed by atoms with Crippen LogP contribution < -0.4 is 0 Å². The molecule has 0 bridgehead atoms. The summed E-state index contributed by atoms with van der Waals surface area (Å²) in [4.78, 5) is 7.86. The molecule has 0 amide bonds. The zero-order valence-electron chi connectivity index (χ0n) is 8.00. The van der Waals surface area contributed by atoms with Crippen molar-refractivity contribution in [2.75, 3.05) is 0 Å². The van der Waals surface area contributed by atoms with Gasteiger partial charge < -0.3 is 4.98 Å². The fourth-order valence-electron chi connectivity index (χ4n) is 1.55. The zero-order chi connectivity index (χ0) is 11.1. The van der Waals surface area contributed by atoms with Gasteiger partial charge in [-0.25, -0.2) is 4.98 Å². The van der Waals surface area contributed by atoms with E-state index in [0.29, 0.717) is 0 Å². The number of nitrogens with one attached hydrogen (secondary N) is 1. The number of benzene rings is 1. The fourth-order valence-corrected chi connectivity index (χ4v) is 3.06. The number of imidazole rings is 1. The molecule has 1 N–H and O–H groups in total. The van der Waals surface area contributed by atoms with E-state index in [0.717, 1.165) is 30.7 Å². The van der Waals surface area contributed by atoms with E-state index < -0.39 is 0 Å². The van der Waals surface area contributed by atoms with E-state index in [1.807, 2.05) is 18.2 Å². The molecular formula is C11H6Br2N2S. The summed E-state index contributed by atoms with van der Waals surface area (Å²) < 4.78 is 2.17. The molecule has 80 valence electrons. The highest BCUT2D eigenvalue weighted by molar-refractivity contribution is 9.11. The van der Waals surface area contributed by atoms with Crippen LogP contribution in [-0.2, 0) is 0 Å². The minimum Gasteiger partial charge on any atom is -0.338 e. The van der Waals surface area contributed by atoms with Gasteiger partial charge in [0.2, 0.25) is 0 Å². The Morgan fingerprint density at radius 1 is 1.19 bits per heavy atom. The van der Waals surface area contributed by atoms with Gasteiger partial charge >= 0.3 is 0 Å². The van der Waals surface area contributed by atoms with Crippen molar-refractivity contribution in [2.45, 2.75) is 0 Å². The summed E-state index contributed by atoms with van der Waals surface area (Å²) >= 11 is 8.56. The van der Waals surface area contributed by atoms with Gasteiger partial charge in [-0.3, -0.25) is 0 Å². The molecule has 0 spiro atoms. The number of rotatable bonds is 1. The van der Waals surface area contributed by atoms with Crippen molar-refractivity contribution in [3.63, 3.8) is 0 Å². The van der Waals surface area contributed by atoms with E-state index in [4.69, 9.17) is 0 Å². The predicted octanol–water partition coefficient (Wildman–Crippen LogP) is 4.82. The first kappa shape index (κ1) is 10.5. The molecule has 3 rings (SSSR count). The van der Waals surface area contributed by atoms with E-state index >= 15 is 0 Å². The van der Waals surface area contributed by atoms with Crippen LogP contribution in [0.4, 0.5) is 0 Å². The van der Waals surface area contributed by atoms with Crippen LogP contribution in [0.3, 0.4) is 0 Å². The number of halogens is 2. The number of hydrogen-bond acceptors (Lipinski definition) is 2. The van der Waals surface area contributed by atoms with Gasteiger partial charge in [-0.1, -0.05) is 15.9 Å². The van der Waals surface area contributed by atoms with Gasteiger partial charge in [-0.2, -0.15) is 0 Å². The van der Waals surface area contributed by atoms with Gasteiger partial charge in [-0.05, 0) is 40.2 Å². The maximum absolute atomic E-state index is 4.55. The standard InChI is InChI=1S/C11H6Br2N2S/c12-7-1-2-8-9(4-7)15-11(14-8)6-3-10(13)16-5-6/h1-5H,(H,14,15). The van der Waals surface area contributed by atoms with Crippen LogP contribution in [0.25, 0.3) is 22.4 Å². The maximum atomic E-state index is 4.55. The minimum atomic E-state index is 0.912. The zero-order valence-corrected chi connectivity index (χ0v) is 12.0. The van der Waals surface area contributed by atoms with E-state index in [1.54, 1.807) is 11.3 Å². The summed E-state index contributed by atoms with van der Waals surface area (Å²) in [6.07, 6.45) is 0. The van der Waals surface area contributed by atoms with E-state index in [9.17, 15) is 0 Å². The molecule has 0 aliphatic carbocycles. The molecule has 0 aliphatic heterocycles. The summed E-state index contributed by atoms with van der Waals surface area (Å²) in [5.41, 5.74) is 3.15. The molecule has 0 saturated carbocycles. The van der Waals surface area contributed by atoms with Crippen molar-refractivity contribution in [3.8, 4) is 11.4 Å². The third-order valence-corrected chi connectivity index (χ3v) is 4.28. The molecule has 0 unspecified atom stereocenters. The number of nitrogens with zero attached hydrogens (tertiary/aromatic N) is 1. The van der Waals surface area contributed by atoms with Crippen molar-refractivity contribution < 1.29 is 0 Å². The van der Waals surface area contributed by atoms with Crippen LogP contribution in [-0.4, -0.2) is 9.97 Å². The summed E-state index contributed by atoms with van der Waals surface area (Å²) in [6.45, 7) is 0. The average Bonchev–Trinajstić information content (AvgIpc) is 2.83. The van der Waals surface area contributed by atoms with Crippen molar-refractivity contribution in [2.24, 2.45) is 0 Å². The number of aromatic nitrogens is 2. The van der Waals surface area contributed by atoms with Gasteiger partial charge in [0.25, 0.3) is 0 Å². The Kier molecular flexibility index (Phi) is 2.61. The number of fused-ring (bicyclic) bond motifs is 1. The van der Waals surface area contributed by atoms with Gasteiger partial charge in [0, 0.05) is 15.4 Å². The molecule has 0 aliphatic rings. The lowest BCUT2D eigenvalue weighted by Gasteiger charge is -1.88. The predicted molar refractivity (Wildman–Crippen MR) is 74.8 cm³/mol. The molecule has 0 atom stereocenters. The van der Waals surface area contributed by atoms with Crippen molar-refractivity contribution in [3.05, 3.63) is 37.9 Å². The number of aromatic amines is 1. The molecule has 2 aromatic heterocycles. The van der Waals surface area contributed by atoms with Crippen LogP contribution in [0.1, 0.15) is 0 Å². The SMILES string of the molecule is Brc1ccc2nc(-c3csc(Br)c3)[nH]c2c1. The molecule has 5 heteroatoms. The largest absolute Gasteiger partial charge is 0.338 e. The lowest BCUT2D eigenvalue weighted by molar-refractivity contribution is 1.35. The van der Waals surface area contributed by atoms with Crippen molar-refractivity contribution >= 4 is 54.2 Å². The van der Waals surface area contributed by atoms with E-state index in [-0.39, 0.29) is 0 Å². The Bertz CT molecular complexity index is 657. The first-order valence-electron chi connectivity index (χ1n) is 4.62. The summed E-state index contributed by atoms with van der Waals surface area (Å²) in [6, 6.07) is 8.10. The molecular weight excluding hydrogens is 352 g/mol.